The number of halogens is 1. The van der Waals surface area contributed by atoms with Gasteiger partial charge in [-0.3, -0.25) is 10.1 Å². The molecule has 0 bridgehead atoms. The van der Waals surface area contributed by atoms with Gasteiger partial charge in [-0.25, -0.2) is 0 Å². The Morgan fingerprint density at radius 1 is 1.42 bits per heavy atom. The molecule has 5 nitrogen and oxygen atoms in total. The number of hydrogen-bond donors (Lipinski definition) is 2. The van der Waals surface area contributed by atoms with Gasteiger partial charge in [-0.15, -0.1) is 12.4 Å². The molecule has 6 heteroatoms. The largest absolute Gasteiger partial charge is 0.507 e. The van der Waals surface area contributed by atoms with Crippen molar-refractivity contribution in [2.45, 2.75) is 38.6 Å². The Morgan fingerprint density at radius 3 is 2.53 bits per heavy atom. The summed E-state index contributed by atoms with van der Waals surface area (Å²) in [6.45, 7) is 1.73. The normalized spacial score (nSPS) is 16.9. The summed E-state index contributed by atoms with van der Waals surface area (Å²) in [6, 6.07) is 2.53. The molecule has 2 rings (SSSR count). The number of aryl methyl sites for hydroxylation is 1. The molecule has 3 N–H and O–H groups in total. The molecule has 1 saturated carbocycles. The van der Waals surface area contributed by atoms with E-state index in [1.807, 2.05) is 0 Å². The van der Waals surface area contributed by atoms with Crippen molar-refractivity contribution in [3.8, 4) is 5.75 Å². The van der Waals surface area contributed by atoms with Crippen LogP contribution in [-0.2, 0) is 0 Å². The SMILES string of the molecule is Cc1ccc([N+](=O)[O-])c([C@H](N)C2CCCC2)c1O.Cl. The summed E-state index contributed by atoms with van der Waals surface area (Å²) in [7, 11) is 0. The zero-order valence-corrected chi connectivity index (χ0v) is 11.7. The highest BCUT2D eigenvalue weighted by Gasteiger charge is 2.31. The molecule has 0 spiro atoms. The van der Waals surface area contributed by atoms with Crippen LogP contribution in [-0.4, -0.2) is 10.0 Å². The molecule has 1 aliphatic rings. The Bertz CT molecular complexity index is 473. The summed E-state index contributed by atoms with van der Waals surface area (Å²) < 4.78 is 0. The standard InChI is InChI=1S/C13H18N2O3.ClH/c1-8-6-7-10(15(17)18)11(13(8)16)12(14)9-4-2-3-5-9;/h6-7,9,12,16H,2-5,14H2,1H3;1H/t12-;/m1./s1. The minimum atomic E-state index is -0.469. The fourth-order valence-corrected chi connectivity index (χ4v) is 2.75. The molecule has 106 valence electrons. The number of phenols is 1. The van der Waals surface area contributed by atoms with Crippen LogP contribution in [0.3, 0.4) is 0 Å². The third kappa shape index (κ3) is 2.98. The molecule has 0 saturated heterocycles. The number of nitrogens with two attached hydrogens (primary N) is 1. The first-order valence-electron chi connectivity index (χ1n) is 6.24. The Balaban J connectivity index is 0.00000180. The lowest BCUT2D eigenvalue weighted by atomic mass is 9.89. The molecule has 0 aromatic heterocycles. The van der Waals surface area contributed by atoms with E-state index in [-0.39, 0.29) is 29.8 Å². The minimum absolute atomic E-state index is 0. The topological polar surface area (TPSA) is 89.4 Å². The smallest absolute Gasteiger partial charge is 0.277 e. The van der Waals surface area contributed by atoms with E-state index in [2.05, 4.69) is 0 Å². The van der Waals surface area contributed by atoms with Crippen LogP contribution in [0.15, 0.2) is 12.1 Å². The number of nitro benzene ring substituents is 1. The molecule has 1 aromatic carbocycles. The number of hydrogen-bond acceptors (Lipinski definition) is 4. The Hall–Kier alpha value is -1.33. The maximum Gasteiger partial charge on any atom is 0.277 e. The quantitative estimate of drug-likeness (QED) is 0.659. The van der Waals surface area contributed by atoms with Crippen LogP contribution in [0.1, 0.15) is 42.9 Å². The van der Waals surface area contributed by atoms with Crippen molar-refractivity contribution in [3.63, 3.8) is 0 Å². The van der Waals surface area contributed by atoms with Crippen molar-refractivity contribution < 1.29 is 10.0 Å². The van der Waals surface area contributed by atoms with Crippen molar-refractivity contribution in [1.82, 2.24) is 0 Å². The number of nitro groups is 1. The zero-order chi connectivity index (χ0) is 13.3. The lowest BCUT2D eigenvalue weighted by molar-refractivity contribution is -0.385. The minimum Gasteiger partial charge on any atom is -0.507 e. The molecule has 0 unspecified atom stereocenters. The number of aromatic hydroxyl groups is 1. The number of benzene rings is 1. The van der Waals surface area contributed by atoms with Crippen LogP contribution in [0, 0.1) is 23.0 Å². The molecule has 0 radical (unpaired) electrons. The second-order valence-electron chi connectivity index (χ2n) is 4.99. The number of rotatable bonds is 3. The first-order chi connectivity index (χ1) is 8.52. The van der Waals surface area contributed by atoms with E-state index in [1.54, 1.807) is 13.0 Å². The summed E-state index contributed by atoms with van der Waals surface area (Å²) >= 11 is 0. The summed E-state index contributed by atoms with van der Waals surface area (Å²) in [6.07, 6.45) is 4.18. The van der Waals surface area contributed by atoms with Gasteiger partial charge in [0.1, 0.15) is 5.75 Å². The molecular weight excluding hydrogens is 268 g/mol. The first-order valence-corrected chi connectivity index (χ1v) is 6.24. The second kappa shape index (κ2) is 6.21. The van der Waals surface area contributed by atoms with Crippen LogP contribution in [0.2, 0.25) is 0 Å². The van der Waals surface area contributed by atoms with Crippen LogP contribution < -0.4 is 5.73 Å². The van der Waals surface area contributed by atoms with Crippen LogP contribution in [0.5, 0.6) is 5.75 Å². The van der Waals surface area contributed by atoms with Gasteiger partial charge in [0.15, 0.2) is 0 Å². The second-order valence-corrected chi connectivity index (χ2v) is 4.99. The fourth-order valence-electron chi connectivity index (χ4n) is 2.75. The van der Waals surface area contributed by atoms with Crippen LogP contribution in [0.4, 0.5) is 5.69 Å². The van der Waals surface area contributed by atoms with E-state index in [0.717, 1.165) is 25.7 Å². The van der Waals surface area contributed by atoms with Gasteiger partial charge in [-0.05, 0) is 37.3 Å². The van der Waals surface area contributed by atoms with E-state index in [4.69, 9.17) is 5.73 Å². The summed E-state index contributed by atoms with van der Waals surface area (Å²) in [5, 5.41) is 21.1. The molecule has 1 aromatic rings. The van der Waals surface area contributed by atoms with Crippen molar-refractivity contribution in [2.75, 3.05) is 0 Å². The van der Waals surface area contributed by atoms with Gasteiger partial charge >= 0.3 is 0 Å². The van der Waals surface area contributed by atoms with Gasteiger partial charge < -0.3 is 10.8 Å². The zero-order valence-electron chi connectivity index (χ0n) is 10.8. The van der Waals surface area contributed by atoms with Gasteiger partial charge in [0.05, 0.1) is 10.5 Å². The molecule has 0 amide bonds. The van der Waals surface area contributed by atoms with E-state index >= 15 is 0 Å². The molecule has 0 heterocycles. The molecule has 1 fully saturated rings. The average Bonchev–Trinajstić information content (AvgIpc) is 2.84. The van der Waals surface area contributed by atoms with Gasteiger partial charge in [0.25, 0.3) is 5.69 Å². The maximum atomic E-state index is 11.0. The molecule has 0 aliphatic heterocycles. The average molecular weight is 287 g/mol. The van der Waals surface area contributed by atoms with Crippen molar-refractivity contribution in [1.29, 1.82) is 0 Å². The Kier molecular flexibility index (Phi) is 5.14. The number of nitrogens with zero attached hydrogens (tertiary/aromatic N) is 1. The van der Waals surface area contributed by atoms with Crippen LogP contribution in [0.25, 0.3) is 0 Å². The highest BCUT2D eigenvalue weighted by atomic mass is 35.5. The fraction of sp³-hybridized carbons (Fsp3) is 0.538. The highest BCUT2D eigenvalue weighted by molar-refractivity contribution is 5.85. The van der Waals surface area contributed by atoms with Crippen molar-refractivity contribution >= 4 is 18.1 Å². The third-order valence-corrected chi connectivity index (χ3v) is 3.83. The van der Waals surface area contributed by atoms with E-state index in [1.165, 1.54) is 6.07 Å². The van der Waals surface area contributed by atoms with Crippen molar-refractivity contribution in [2.24, 2.45) is 11.7 Å². The predicted octanol–water partition coefficient (Wildman–Crippen LogP) is 3.22. The first kappa shape index (κ1) is 15.7. The van der Waals surface area contributed by atoms with Gasteiger partial charge in [0, 0.05) is 12.1 Å². The van der Waals surface area contributed by atoms with Gasteiger partial charge in [-0.1, -0.05) is 12.8 Å². The molecule has 1 atom stereocenters. The maximum absolute atomic E-state index is 11.0. The Morgan fingerprint density at radius 2 is 2.00 bits per heavy atom. The van der Waals surface area contributed by atoms with Gasteiger partial charge in [0.2, 0.25) is 0 Å². The lowest BCUT2D eigenvalue weighted by Crippen LogP contribution is -2.20. The molecule has 1 aliphatic carbocycles. The van der Waals surface area contributed by atoms with E-state index in [9.17, 15) is 15.2 Å². The lowest BCUT2D eigenvalue weighted by Gasteiger charge is -2.20. The summed E-state index contributed by atoms with van der Waals surface area (Å²) in [5.74, 6) is 0.208. The van der Waals surface area contributed by atoms with Crippen LogP contribution >= 0.6 is 12.4 Å². The summed E-state index contributed by atoms with van der Waals surface area (Å²) in [4.78, 5) is 10.6. The highest BCUT2D eigenvalue weighted by Crippen LogP contribution is 2.42. The molecule has 19 heavy (non-hydrogen) atoms. The molecular formula is C13H19ClN2O3. The van der Waals surface area contributed by atoms with E-state index in [0.29, 0.717) is 11.1 Å². The van der Waals surface area contributed by atoms with Gasteiger partial charge in [-0.2, -0.15) is 0 Å². The van der Waals surface area contributed by atoms with Crippen molar-refractivity contribution in [3.05, 3.63) is 33.4 Å². The monoisotopic (exact) mass is 286 g/mol. The third-order valence-electron chi connectivity index (χ3n) is 3.83. The number of phenolic OH excluding ortho intramolecular Hbond substituents is 1. The predicted molar refractivity (Wildman–Crippen MR) is 75.6 cm³/mol. The van der Waals surface area contributed by atoms with E-state index < -0.39 is 11.0 Å². The Labute approximate surface area is 118 Å². The summed E-state index contributed by atoms with van der Waals surface area (Å²) in [5.41, 5.74) is 7.00.